The number of rotatable bonds is 7. The summed E-state index contributed by atoms with van der Waals surface area (Å²) < 4.78 is 4.99. The molecule has 0 saturated carbocycles. The molecule has 1 atom stereocenters. The smallest absolute Gasteiger partial charge is 0.326 e. The Labute approximate surface area is 160 Å². The van der Waals surface area contributed by atoms with E-state index in [9.17, 15) is 24.5 Å². The average molecular weight is 385 g/mol. The topological polar surface area (TPSA) is 128 Å². The summed E-state index contributed by atoms with van der Waals surface area (Å²) in [7, 11) is 0. The van der Waals surface area contributed by atoms with Gasteiger partial charge in [-0.15, -0.1) is 0 Å². The van der Waals surface area contributed by atoms with Gasteiger partial charge in [0, 0.05) is 23.4 Å². The van der Waals surface area contributed by atoms with Gasteiger partial charge in [0.05, 0.1) is 4.92 Å². The van der Waals surface area contributed by atoms with E-state index >= 15 is 0 Å². The van der Waals surface area contributed by atoms with Crippen molar-refractivity contribution in [2.24, 2.45) is 0 Å². The first-order chi connectivity index (χ1) is 13.3. The third-order valence-electron chi connectivity index (χ3n) is 3.68. The lowest BCUT2D eigenvalue weighted by molar-refractivity contribution is -0.384. The number of amides is 2. The van der Waals surface area contributed by atoms with Gasteiger partial charge < -0.3 is 15.4 Å². The minimum atomic E-state index is -1.07. The van der Waals surface area contributed by atoms with E-state index < -0.39 is 35.4 Å². The van der Waals surface area contributed by atoms with Crippen LogP contribution in [0, 0.1) is 17.0 Å². The number of esters is 1. The van der Waals surface area contributed by atoms with Gasteiger partial charge in [0.1, 0.15) is 6.54 Å². The number of aryl methyl sites for hydroxylation is 1. The number of nitrogens with zero attached hydrogens (tertiary/aromatic N) is 1. The first kappa shape index (κ1) is 20.6. The molecule has 2 N–H and O–H groups in total. The van der Waals surface area contributed by atoms with Crippen LogP contribution in [0.25, 0.3) is 0 Å². The highest BCUT2D eigenvalue weighted by atomic mass is 16.6. The predicted molar refractivity (Wildman–Crippen MR) is 101 cm³/mol. The average Bonchev–Trinajstić information content (AvgIpc) is 2.66. The molecule has 9 heteroatoms. The largest absolute Gasteiger partial charge is 0.451 e. The van der Waals surface area contributed by atoms with Crippen LogP contribution in [0.1, 0.15) is 22.8 Å². The Kier molecular flexibility index (Phi) is 6.80. The number of ether oxygens (including phenoxy) is 1. The van der Waals surface area contributed by atoms with Gasteiger partial charge in [-0.25, -0.2) is 0 Å². The van der Waals surface area contributed by atoms with Crippen LogP contribution in [0.2, 0.25) is 0 Å². The third kappa shape index (κ3) is 5.90. The number of carbonyl (C=O) groups excluding carboxylic acids is 3. The van der Waals surface area contributed by atoms with Crippen LogP contribution in [0.15, 0.2) is 48.5 Å². The van der Waals surface area contributed by atoms with Crippen molar-refractivity contribution in [1.29, 1.82) is 0 Å². The summed E-state index contributed by atoms with van der Waals surface area (Å²) in [5.41, 5.74) is 1.34. The van der Waals surface area contributed by atoms with Crippen molar-refractivity contribution in [3.8, 4) is 0 Å². The molecule has 0 heterocycles. The van der Waals surface area contributed by atoms with Gasteiger partial charge in [-0.05, 0) is 37.6 Å². The maximum Gasteiger partial charge on any atom is 0.326 e. The molecule has 0 aromatic heterocycles. The Balaban J connectivity index is 1.84. The van der Waals surface area contributed by atoms with Gasteiger partial charge in [0.15, 0.2) is 6.10 Å². The second-order valence-electron chi connectivity index (χ2n) is 5.98. The third-order valence-corrected chi connectivity index (χ3v) is 3.68. The zero-order chi connectivity index (χ0) is 20.7. The molecule has 9 nitrogen and oxygen atoms in total. The van der Waals surface area contributed by atoms with E-state index in [-0.39, 0.29) is 11.3 Å². The molecule has 2 aromatic rings. The second kappa shape index (κ2) is 9.26. The summed E-state index contributed by atoms with van der Waals surface area (Å²) in [6.45, 7) is 2.80. The monoisotopic (exact) mass is 385 g/mol. The van der Waals surface area contributed by atoms with Crippen molar-refractivity contribution in [2.45, 2.75) is 20.0 Å². The van der Waals surface area contributed by atoms with Gasteiger partial charge in [-0.3, -0.25) is 24.5 Å². The molecule has 0 unspecified atom stereocenters. The molecule has 2 rings (SSSR count). The molecule has 146 valence electrons. The summed E-state index contributed by atoms with van der Waals surface area (Å²) in [4.78, 5) is 46.0. The number of non-ortho nitro benzene ring substituents is 1. The van der Waals surface area contributed by atoms with E-state index in [0.29, 0.717) is 5.69 Å². The van der Waals surface area contributed by atoms with Crippen molar-refractivity contribution in [3.05, 3.63) is 69.8 Å². The van der Waals surface area contributed by atoms with Gasteiger partial charge in [0.25, 0.3) is 17.5 Å². The van der Waals surface area contributed by atoms with Gasteiger partial charge in [0.2, 0.25) is 0 Å². The fourth-order valence-electron chi connectivity index (χ4n) is 2.27. The first-order valence-corrected chi connectivity index (χ1v) is 8.36. The fraction of sp³-hybridized carbons (Fsp3) is 0.211. The SMILES string of the molecule is Cc1cccc(NC(=O)[C@@H](C)OC(=O)CNC(=O)c2cccc([N+](=O)[O-])c2)c1. The Hall–Kier alpha value is -3.75. The number of anilines is 1. The number of benzene rings is 2. The molecule has 0 aliphatic rings. The highest BCUT2D eigenvalue weighted by Gasteiger charge is 2.19. The molecule has 0 bridgehead atoms. The van der Waals surface area contributed by atoms with Crippen LogP contribution >= 0.6 is 0 Å². The lowest BCUT2D eigenvalue weighted by atomic mass is 10.2. The Morgan fingerprint density at radius 3 is 2.54 bits per heavy atom. The fourth-order valence-corrected chi connectivity index (χ4v) is 2.27. The van der Waals surface area contributed by atoms with E-state index in [0.717, 1.165) is 11.6 Å². The molecule has 0 saturated heterocycles. The maximum atomic E-state index is 12.1. The van der Waals surface area contributed by atoms with Gasteiger partial charge in [-0.1, -0.05) is 18.2 Å². The van der Waals surface area contributed by atoms with Gasteiger partial charge in [-0.2, -0.15) is 0 Å². The zero-order valence-corrected chi connectivity index (χ0v) is 15.3. The number of nitro groups is 1. The number of carbonyl (C=O) groups is 3. The molecule has 0 aliphatic heterocycles. The van der Waals surface area contributed by atoms with Crippen molar-refractivity contribution in [1.82, 2.24) is 5.32 Å². The summed E-state index contributed by atoms with van der Waals surface area (Å²) in [6.07, 6.45) is -1.07. The van der Waals surface area contributed by atoms with E-state index in [1.165, 1.54) is 25.1 Å². The Morgan fingerprint density at radius 1 is 1.14 bits per heavy atom. The van der Waals surface area contributed by atoms with Crippen molar-refractivity contribution in [3.63, 3.8) is 0 Å². The predicted octanol–water partition coefficient (Wildman–Crippen LogP) is 2.20. The summed E-state index contributed by atoms with van der Waals surface area (Å²) in [5.74, 6) is -1.99. The molecule has 2 amide bonds. The van der Waals surface area contributed by atoms with Crippen LogP contribution in [0.3, 0.4) is 0 Å². The van der Waals surface area contributed by atoms with Crippen LogP contribution in [-0.2, 0) is 14.3 Å². The maximum absolute atomic E-state index is 12.1. The van der Waals surface area contributed by atoms with Crippen LogP contribution in [-0.4, -0.2) is 35.4 Å². The van der Waals surface area contributed by atoms with Crippen molar-refractivity contribution < 1.29 is 24.0 Å². The molecule has 0 fully saturated rings. The first-order valence-electron chi connectivity index (χ1n) is 8.36. The molecule has 0 radical (unpaired) electrons. The number of nitro benzene ring substituents is 1. The molecular formula is C19H19N3O6. The van der Waals surface area contributed by atoms with E-state index in [2.05, 4.69) is 10.6 Å². The molecule has 28 heavy (non-hydrogen) atoms. The molecule has 0 aliphatic carbocycles. The van der Waals surface area contributed by atoms with Gasteiger partial charge >= 0.3 is 5.97 Å². The molecule has 0 spiro atoms. The van der Waals surface area contributed by atoms with E-state index in [1.807, 2.05) is 13.0 Å². The second-order valence-corrected chi connectivity index (χ2v) is 5.98. The number of nitrogens with one attached hydrogen (secondary N) is 2. The Bertz CT molecular complexity index is 912. The van der Waals surface area contributed by atoms with Crippen LogP contribution in [0.4, 0.5) is 11.4 Å². The summed E-state index contributed by atoms with van der Waals surface area (Å²) in [6, 6.07) is 12.2. The van der Waals surface area contributed by atoms with Crippen LogP contribution < -0.4 is 10.6 Å². The lowest BCUT2D eigenvalue weighted by Gasteiger charge is -2.14. The number of hydrogen-bond acceptors (Lipinski definition) is 6. The standard InChI is InChI=1S/C19H19N3O6/c1-12-5-3-7-15(9-12)21-18(24)13(2)28-17(23)11-20-19(25)14-6-4-8-16(10-14)22(26)27/h3-10,13H,11H2,1-2H3,(H,20,25)(H,21,24)/t13-/m1/s1. The summed E-state index contributed by atoms with van der Waals surface area (Å²) >= 11 is 0. The highest BCUT2D eigenvalue weighted by molar-refractivity contribution is 5.97. The minimum Gasteiger partial charge on any atom is -0.451 e. The zero-order valence-electron chi connectivity index (χ0n) is 15.3. The van der Waals surface area contributed by atoms with E-state index in [1.54, 1.807) is 18.2 Å². The van der Waals surface area contributed by atoms with Crippen molar-refractivity contribution >= 4 is 29.2 Å². The quantitative estimate of drug-likeness (QED) is 0.427. The lowest BCUT2D eigenvalue weighted by Crippen LogP contribution is -2.35. The number of hydrogen-bond donors (Lipinski definition) is 2. The van der Waals surface area contributed by atoms with Crippen LogP contribution in [0.5, 0.6) is 0 Å². The highest BCUT2D eigenvalue weighted by Crippen LogP contribution is 2.13. The molecular weight excluding hydrogens is 366 g/mol. The minimum absolute atomic E-state index is 0.0345. The van der Waals surface area contributed by atoms with Crippen molar-refractivity contribution in [2.75, 3.05) is 11.9 Å². The summed E-state index contributed by atoms with van der Waals surface area (Å²) in [5, 5.41) is 15.7. The normalized spacial score (nSPS) is 11.2. The molecule has 2 aromatic carbocycles. The van der Waals surface area contributed by atoms with E-state index in [4.69, 9.17) is 4.74 Å². The Morgan fingerprint density at radius 2 is 1.86 bits per heavy atom.